The van der Waals surface area contributed by atoms with Crippen molar-refractivity contribution in [3.05, 3.63) is 83.4 Å². The first-order chi connectivity index (χ1) is 12.8. The first kappa shape index (κ1) is 18.5. The largest absolute Gasteiger partial charge is 0.416 e. The lowest BCUT2D eigenvalue weighted by Crippen LogP contribution is -2.25. The third-order valence-corrected chi connectivity index (χ3v) is 3.76. The molecule has 0 atom stereocenters. The second-order valence-electron chi connectivity index (χ2n) is 5.64. The monoisotopic (exact) mass is 375 g/mol. The highest BCUT2D eigenvalue weighted by Gasteiger charge is 2.33. The molecule has 138 valence electrons. The fraction of sp³-hybridized carbons (Fsp3) is 0.105. The average Bonchev–Trinajstić information content (AvgIpc) is 2.67. The van der Waals surface area contributed by atoms with E-state index in [1.807, 2.05) is 30.3 Å². The van der Waals surface area contributed by atoms with Gasteiger partial charge in [-0.05, 0) is 17.7 Å². The Morgan fingerprint density at radius 1 is 1.00 bits per heavy atom. The van der Waals surface area contributed by atoms with E-state index < -0.39 is 30.0 Å². The molecule has 27 heavy (non-hydrogen) atoms. The van der Waals surface area contributed by atoms with Gasteiger partial charge in [0.1, 0.15) is 5.82 Å². The van der Waals surface area contributed by atoms with Crippen LogP contribution >= 0.6 is 0 Å². The predicted octanol–water partition coefficient (Wildman–Crippen LogP) is 4.23. The predicted molar refractivity (Wildman–Crippen MR) is 90.0 cm³/mol. The van der Waals surface area contributed by atoms with E-state index in [-0.39, 0.29) is 11.1 Å². The van der Waals surface area contributed by atoms with Crippen molar-refractivity contribution in [2.45, 2.75) is 12.7 Å². The van der Waals surface area contributed by atoms with Crippen molar-refractivity contribution in [1.29, 1.82) is 0 Å². The number of halogens is 4. The summed E-state index contributed by atoms with van der Waals surface area (Å²) in [7, 11) is 0. The Bertz CT molecular complexity index is 941. The summed E-state index contributed by atoms with van der Waals surface area (Å²) in [5.41, 5.74) is -0.492. The molecule has 0 aliphatic carbocycles. The Morgan fingerprint density at radius 3 is 2.30 bits per heavy atom. The lowest BCUT2D eigenvalue weighted by Gasteiger charge is -2.13. The van der Waals surface area contributed by atoms with Crippen LogP contribution in [0.25, 0.3) is 11.4 Å². The fourth-order valence-electron chi connectivity index (χ4n) is 2.43. The Balaban J connectivity index is 1.72. The number of aromatic nitrogens is 2. The third-order valence-electron chi connectivity index (χ3n) is 3.76. The zero-order valence-corrected chi connectivity index (χ0v) is 13.8. The highest BCUT2D eigenvalue weighted by molar-refractivity contribution is 5.93. The molecule has 4 nitrogen and oxygen atoms in total. The zero-order valence-electron chi connectivity index (χ0n) is 13.8. The molecule has 1 heterocycles. The zero-order chi connectivity index (χ0) is 19.4. The van der Waals surface area contributed by atoms with Gasteiger partial charge < -0.3 is 5.32 Å². The molecule has 0 fully saturated rings. The average molecular weight is 375 g/mol. The van der Waals surface area contributed by atoms with Crippen LogP contribution in [0.4, 0.5) is 17.6 Å². The summed E-state index contributed by atoms with van der Waals surface area (Å²) >= 11 is 0. The molecule has 0 spiro atoms. The Kier molecular flexibility index (Phi) is 5.16. The van der Waals surface area contributed by atoms with E-state index in [9.17, 15) is 22.4 Å². The molecule has 1 amide bonds. The molecule has 0 bridgehead atoms. The van der Waals surface area contributed by atoms with E-state index >= 15 is 0 Å². The number of hydrogen-bond donors (Lipinski definition) is 1. The molecule has 8 heteroatoms. The molecule has 0 saturated carbocycles. The van der Waals surface area contributed by atoms with Gasteiger partial charge >= 0.3 is 6.18 Å². The first-order valence-electron chi connectivity index (χ1n) is 7.86. The van der Waals surface area contributed by atoms with Gasteiger partial charge in [-0.15, -0.1) is 0 Å². The summed E-state index contributed by atoms with van der Waals surface area (Å²) in [6.07, 6.45) is -2.14. The van der Waals surface area contributed by atoms with Gasteiger partial charge in [-0.2, -0.15) is 13.2 Å². The van der Waals surface area contributed by atoms with E-state index in [4.69, 9.17) is 0 Å². The lowest BCUT2D eigenvalue weighted by molar-refractivity contribution is -0.138. The number of carbonyl (C=O) groups is 1. The van der Waals surface area contributed by atoms with Crippen LogP contribution < -0.4 is 5.32 Å². The van der Waals surface area contributed by atoms with Crippen LogP contribution in [0, 0.1) is 5.82 Å². The van der Waals surface area contributed by atoms with Gasteiger partial charge in [0.2, 0.25) is 0 Å². The molecule has 1 aromatic heterocycles. The molecule has 1 N–H and O–H groups in total. The number of amides is 1. The van der Waals surface area contributed by atoms with E-state index in [1.165, 1.54) is 12.4 Å². The van der Waals surface area contributed by atoms with Crippen molar-refractivity contribution in [2.24, 2.45) is 0 Å². The molecule has 2 aromatic carbocycles. The third kappa shape index (κ3) is 4.46. The molecule has 0 aliphatic rings. The fourth-order valence-corrected chi connectivity index (χ4v) is 2.43. The van der Waals surface area contributed by atoms with Crippen molar-refractivity contribution in [2.75, 3.05) is 0 Å². The lowest BCUT2D eigenvalue weighted by atomic mass is 10.1. The second-order valence-corrected chi connectivity index (χ2v) is 5.64. The first-order valence-corrected chi connectivity index (χ1v) is 7.86. The number of rotatable bonds is 4. The highest BCUT2D eigenvalue weighted by atomic mass is 19.4. The van der Waals surface area contributed by atoms with Crippen LogP contribution in [0.5, 0.6) is 0 Å². The normalized spacial score (nSPS) is 11.3. The Hall–Kier alpha value is -3.29. The van der Waals surface area contributed by atoms with Gasteiger partial charge in [0.15, 0.2) is 5.82 Å². The maximum absolute atomic E-state index is 13.1. The van der Waals surface area contributed by atoms with Crippen molar-refractivity contribution in [3.63, 3.8) is 0 Å². The molecular formula is C19H13F4N3O. The van der Waals surface area contributed by atoms with Crippen molar-refractivity contribution in [1.82, 2.24) is 15.3 Å². The Morgan fingerprint density at radius 2 is 1.67 bits per heavy atom. The van der Waals surface area contributed by atoms with Crippen LogP contribution in [0.2, 0.25) is 0 Å². The van der Waals surface area contributed by atoms with E-state index in [1.54, 1.807) is 0 Å². The van der Waals surface area contributed by atoms with Crippen LogP contribution in [-0.4, -0.2) is 15.9 Å². The summed E-state index contributed by atoms with van der Waals surface area (Å²) in [4.78, 5) is 20.3. The second kappa shape index (κ2) is 7.53. The molecule has 0 unspecified atom stereocenters. The Labute approximate surface area is 151 Å². The maximum Gasteiger partial charge on any atom is 0.416 e. The summed E-state index contributed by atoms with van der Waals surface area (Å²) < 4.78 is 52.1. The van der Waals surface area contributed by atoms with Crippen molar-refractivity contribution in [3.8, 4) is 11.4 Å². The number of carbonyl (C=O) groups excluding carboxylic acids is 1. The number of nitrogens with one attached hydrogen (secondary N) is 1. The number of benzene rings is 2. The summed E-state index contributed by atoms with van der Waals surface area (Å²) in [5.74, 6) is -1.21. The van der Waals surface area contributed by atoms with Crippen molar-refractivity contribution >= 4 is 5.91 Å². The number of alkyl halides is 3. The van der Waals surface area contributed by atoms with Crippen LogP contribution in [0.15, 0.2) is 60.9 Å². The van der Waals surface area contributed by atoms with Gasteiger partial charge in [-0.25, -0.2) is 14.4 Å². The van der Waals surface area contributed by atoms with E-state index in [2.05, 4.69) is 15.3 Å². The molecule has 0 radical (unpaired) electrons. The summed E-state index contributed by atoms with van der Waals surface area (Å²) in [5, 5.41) is 2.37. The van der Waals surface area contributed by atoms with Gasteiger partial charge in [0.25, 0.3) is 5.91 Å². The minimum absolute atomic E-state index is 0.102. The van der Waals surface area contributed by atoms with Crippen LogP contribution in [0.1, 0.15) is 21.5 Å². The van der Waals surface area contributed by atoms with Gasteiger partial charge in [0, 0.05) is 24.5 Å². The van der Waals surface area contributed by atoms with Gasteiger partial charge in [-0.1, -0.05) is 36.4 Å². The topological polar surface area (TPSA) is 54.9 Å². The smallest absolute Gasteiger partial charge is 0.348 e. The van der Waals surface area contributed by atoms with E-state index in [0.29, 0.717) is 11.9 Å². The number of nitrogens with zero attached hydrogens (tertiary/aromatic N) is 2. The summed E-state index contributed by atoms with van der Waals surface area (Å²) in [6, 6.07) is 11.4. The SMILES string of the molecule is O=C(NCc1ccc(F)cc1C(F)(F)F)c1cnc(-c2ccccc2)nc1. The van der Waals surface area contributed by atoms with Gasteiger partial charge in [-0.3, -0.25) is 4.79 Å². The standard InChI is InChI=1S/C19H13F4N3O/c20-15-7-6-13(16(8-15)19(21,22)23)9-26-18(27)14-10-24-17(25-11-14)12-4-2-1-3-5-12/h1-8,10-11H,9H2,(H,26,27). The molecule has 0 saturated heterocycles. The summed E-state index contributed by atoms with van der Waals surface area (Å²) in [6.45, 7) is -0.408. The van der Waals surface area contributed by atoms with E-state index in [0.717, 1.165) is 17.7 Å². The molecule has 3 aromatic rings. The minimum Gasteiger partial charge on any atom is -0.348 e. The molecule has 3 rings (SSSR count). The van der Waals surface area contributed by atoms with Crippen LogP contribution in [-0.2, 0) is 12.7 Å². The van der Waals surface area contributed by atoms with Gasteiger partial charge in [0.05, 0.1) is 11.1 Å². The molecule has 0 aliphatic heterocycles. The quantitative estimate of drug-likeness (QED) is 0.695. The highest BCUT2D eigenvalue weighted by Crippen LogP contribution is 2.32. The van der Waals surface area contributed by atoms with Crippen LogP contribution in [0.3, 0.4) is 0 Å². The minimum atomic E-state index is -4.72. The number of hydrogen-bond acceptors (Lipinski definition) is 3. The molecular weight excluding hydrogens is 362 g/mol. The maximum atomic E-state index is 13.1. The van der Waals surface area contributed by atoms with Crippen molar-refractivity contribution < 1.29 is 22.4 Å².